The fourth-order valence-corrected chi connectivity index (χ4v) is 3.12. The first-order valence-corrected chi connectivity index (χ1v) is 10.1. The summed E-state index contributed by atoms with van der Waals surface area (Å²) in [5.41, 5.74) is 4.05. The summed E-state index contributed by atoms with van der Waals surface area (Å²) >= 11 is 0. The lowest BCUT2D eigenvalue weighted by Crippen LogP contribution is -2.49. The van der Waals surface area contributed by atoms with Crippen molar-refractivity contribution in [2.45, 2.75) is 89.7 Å². The van der Waals surface area contributed by atoms with E-state index in [0.29, 0.717) is 6.61 Å². The van der Waals surface area contributed by atoms with Crippen LogP contribution in [0.1, 0.15) is 84.0 Å². The van der Waals surface area contributed by atoms with Crippen LogP contribution >= 0.6 is 0 Å². The molecular formula is C21H37NO3. The van der Waals surface area contributed by atoms with Gasteiger partial charge in [-0.2, -0.15) is 0 Å². The second-order valence-corrected chi connectivity index (χ2v) is 7.17. The van der Waals surface area contributed by atoms with Gasteiger partial charge >= 0.3 is 5.97 Å². The predicted molar refractivity (Wildman–Crippen MR) is 103 cm³/mol. The number of esters is 1. The Hall–Kier alpha value is -1.13. The normalized spacial score (nSPS) is 22.3. The van der Waals surface area contributed by atoms with E-state index in [2.05, 4.69) is 6.92 Å². The Morgan fingerprint density at radius 3 is 2.00 bits per heavy atom. The third-order valence-electron chi connectivity index (χ3n) is 4.77. The molecule has 0 bridgehead atoms. The molecule has 1 aliphatic carbocycles. The number of aliphatic hydroxyl groups is 1. The van der Waals surface area contributed by atoms with Gasteiger partial charge in [0.25, 0.3) is 0 Å². The SMILES string of the molecule is CCCCCCCCCCCCCCOC(=O)C1C=CC=CC1(N)O. The standard InChI is InChI=1S/C21H37NO3/c1-2-3-4-5-6-7-8-9-10-11-12-15-18-25-20(23)19-16-13-14-17-21(19,22)24/h13-14,16-17,19,24H,2-12,15,18,22H2,1H3. The van der Waals surface area contributed by atoms with E-state index in [9.17, 15) is 9.90 Å². The van der Waals surface area contributed by atoms with E-state index >= 15 is 0 Å². The Bertz CT molecular complexity index is 415. The molecule has 0 spiro atoms. The molecule has 1 rings (SSSR count). The summed E-state index contributed by atoms with van der Waals surface area (Å²) < 4.78 is 5.24. The zero-order valence-electron chi connectivity index (χ0n) is 15.9. The third-order valence-corrected chi connectivity index (χ3v) is 4.77. The second kappa shape index (κ2) is 13.1. The van der Waals surface area contributed by atoms with Crippen molar-refractivity contribution in [1.82, 2.24) is 0 Å². The number of rotatable bonds is 14. The monoisotopic (exact) mass is 351 g/mol. The molecule has 0 aromatic carbocycles. The maximum atomic E-state index is 12.0. The van der Waals surface area contributed by atoms with Gasteiger partial charge in [0.1, 0.15) is 11.6 Å². The van der Waals surface area contributed by atoms with Crippen LogP contribution in [-0.4, -0.2) is 23.4 Å². The van der Waals surface area contributed by atoms with Crippen molar-refractivity contribution in [3.8, 4) is 0 Å². The van der Waals surface area contributed by atoms with Crippen LogP contribution in [0.2, 0.25) is 0 Å². The van der Waals surface area contributed by atoms with Crippen LogP contribution in [-0.2, 0) is 9.53 Å². The molecule has 0 fully saturated rings. The molecule has 2 unspecified atom stereocenters. The molecule has 144 valence electrons. The lowest BCUT2D eigenvalue weighted by molar-refractivity contribution is -0.153. The number of hydrogen-bond acceptors (Lipinski definition) is 4. The van der Waals surface area contributed by atoms with Gasteiger partial charge in [-0.25, -0.2) is 0 Å². The highest BCUT2D eigenvalue weighted by atomic mass is 16.5. The van der Waals surface area contributed by atoms with Crippen molar-refractivity contribution >= 4 is 5.97 Å². The van der Waals surface area contributed by atoms with Crippen LogP contribution in [0.5, 0.6) is 0 Å². The summed E-state index contributed by atoms with van der Waals surface area (Å²) in [5, 5.41) is 9.95. The Labute approximate surface area is 153 Å². The number of nitrogens with two attached hydrogens (primary N) is 1. The molecule has 0 heterocycles. The maximum Gasteiger partial charge on any atom is 0.317 e. The molecule has 0 saturated carbocycles. The average Bonchev–Trinajstić information content (AvgIpc) is 2.58. The van der Waals surface area contributed by atoms with Gasteiger partial charge in [-0.1, -0.05) is 95.8 Å². The lowest BCUT2D eigenvalue weighted by Gasteiger charge is -2.27. The number of unbranched alkanes of at least 4 members (excludes halogenated alkanes) is 11. The Morgan fingerprint density at radius 2 is 1.48 bits per heavy atom. The second-order valence-electron chi connectivity index (χ2n) is 7.17. The zero-order chi connectivity index (χ0) is 18.4. The van der Waals surface area contributed by atoms with Crippen LogP contribution in [0.3, 0.4) is 0 Å². The highest BCUT2D eigenvalue weighted by molar-refractivity contribution is 5.76. The first kappa shape index (κ1) is 21.9. The molecule has 0 aliphatic heterocycles. The molecule has 3 N–H and O–H groups in total. The number of ether oxygens (including phenoxy) is 1. The first-order chi connectivity index (χ1) is 12.1. The van der Waals surface area contributed by atoms with Crippen molar-refractivity contribution in [2.24, 2.45) is 11.7 Å². The van der Waals surface area contributed by atoms with Crippen molar-refractivity contribution < 1.29 is 14.6 Å². The fraction of sp³-hybridized carbons (Fsp3) is 0.762. The fourth-order valence-electron chi connectivity index (χ4n) is 3.12. The Morgan fingerprint density at radius 1 is 0.960 bits per heavy atom. The van der Waals surface area contributed by atoms with Crippen LogP contribution in [0.15, 0.2) is 24.3 Å². The van der Waals surface area contributed by atoms with Crippen molar-refractivity contribution in [3.05, 3.63) is 24.3 Å². The van der Waals surface area contributed by atoms with Gasteiger partial charge in [-0.15, -0.1) is 0 Å². The molecule has 0 aromatic rings. The van der Waals surface area contributed by atoms with E-state index in [4.69, 9.17) is 10.5 Å². The minimum atomic E-state index is -1.64. The van der Waals surface area contributed by atoms with Crippen LogP contribution in [0, 0.1) is 5.92 Å². The molecule has 0 saturated heterocycles. The molecular weight excluding hydrogens is 314 g/mol. The largest absolute Gasteiger partial charge is 0.465 e. The quantitative estimate of drug-likeness (QED) is 0.272. The molecule has 0 radical (unpaired) electrons. The van der Waals surface area contributed by atoms with Crippen molar-refractivity contribution in [3.63, 3.8) is 0 Å². The van der Waals surface area contributed by atoms with Crippen molar-refractivity contribution in [2.75, 3.05) is 6.61 Å². The van der Waals surface area contributed by atoms with Gasteiger partial charge in [-0.05, 0) is 12.5 Å². The maximum absolute atomic E-state index is 12.0. The molecule has 25 heavy (non-hydrogen) atoms. The number of hydrogen-bond donors (Lipinski definition) is 2. The van der Waals surface area contributed by atoms with Gasteiger partial charge < -0.3 is 9.84 Å². The number of carbonyl (C=O) groups is 1. The highest BCUT2D eigenvalue weighted by Gasteiger charge is 2.36. The number of allylic oxidation sites excluding steroid dienone is 2. The molecule has 2 atom stereocenters. The van der Waals surface area contributed by atoms with Gasteiger partial charge in [0.05, 0.1) is 6.61 Å². The molecule has 4 heteroatoms. The summed E-state index contributed by atoms with van der Waals surface area (Å²) in [6, 6.07) is 0. The zero-order valence-corrected chi connectivity index (χ0v) is 15.9. The van der Waals surface area contributed by atoms with Gasteiger partial charge in [0.15, 0.2) is 0 Å². The summed E-state index contributed by atoms with van der Waals surface area (Å²) in [6.45, 7) is 2.66. The first-order valence-electron chi connectivity index (χ1n) is 10.1. The topological polar surface area (TPSA) is 72.5 Å². The van der Waals surface area contributed by atoms with Crippen LogP contribution in [0.25, 0.3) is 0 Å². The third kappa shape index (κ3) is 9.81. The van der Waals surface area contributed by atoms with E-state index in [-0.39, 0.29) is 0 Å². The summed E-state index contributed by atoms with van der Waals surface area (Å²) in [6.07, 6.45) is 21.6. The molecule has 0 aromatic heterocycles. The summed E-state index contributed by atoms with van der Waals surface area (Å²) in [7, 11) is 0. The predicted octanol–water partition coefficient (Wildman–Crippen LogP) is 4.62. The molecule has 4 nitrogen and oxygen atoms in total. The highest BCUT2D eigenvalue weighted by Crippen LogP contribution is 2.21. The summed E-state index contributed by atoms with van der Waals surface area (Å²) in [4.78, 5) is 12.0. The minimum absolute atomic E-state index is 0.403. The molecule has 1 aliphatic rings. The van der Waals surface area contributed by atoms with Crippen molar-refractivity contribution in [1.29, 1.82) is 0 Å². The van der Waals surface area contributed by atoms with E-state index < -0.39 is 17.6 Å². The minimum Gasteiger partial charge on any atom is -0.465 e. The van der Waals surface area contributed by atoms with Crippen LogP contribution in [0.4, 0.5) is 0 Å². The average molecular weight is 352 g/mol. The van der Waals surface area contributed by atoms with E-state index in [0.717, 1.165) is 12.8 Å². The lowest BCUT2D eigenvalue weighted by atomic mass is 9.92. The van der Waals surface area contributed by atoms with E-state index in [1.807, 2.05) is 0 Å². The van der Waals surface area contributed by atoms with E-state index in [1.54, 1.807) is 18.2 Å². The molecule has 0 amide bonds. The number of carbonyl (C=O) groups excluding carboxylic acids is 1. The smallest absolute Gasteiger partial charge is 0.317 e. The van der Waals surface area contributed by atoms with E-state index in [1.165, 1.54) is 70.3 Å². The summed E-state index contributed by atoms with van der Waals surface area (Å²) in [5.74, 6) is -1.26. The van der Waals surface area contributed by atoms with Gasteiger partial charge in [0, 0.05) is 0 Å². The Kier molecular flexibility index (Phi) is 11.5. The van der Waals surface area contributed by atoms with Crippen LogP contribution < -0.4 is 5.73 Å². The van der Waals surface area contributed by atoms with Gasteiger partial charge in [-0.3, -0.25) is 10.5 Å². The Balaban J connectivity index is 1.91. The van der Waals surface area contributed by atoms with Gasteiger partial charge in [0.2, 0.25) is 0 Å².